The predicted octanol–water partition coefficient (Wildman–Crippen LogP) is 2.16. The average molecular weight is 333 g/mol. The van der Waals surface area contributed by atoms with Crippen molar-refractivity contribution in [3.05, 3.63) is 0 Å². The Labute approximate surface area is 137 Å². The third kappa shape index (κ3) is 5.88. The average Bonchev–Trinajstić information content (AvgIpc) is 2.51. The second-order valence-electron chi connectivity index (χ2n) is 6.65. The highest BCUT2D eigenvalue weighted by Crippen LogP contribution is 2.23. The summed E-state index contributed by atoms with van der Waals surface area (Å²) in [6, 6.07) is -0.153. The Bertz CT molecular complexity index is 388. The Hall–Kier alpha value is -0.620. The first-order valence-electron chi connectivity index (χ1n) is 8.44. The number of hydrogen-bond donors (Lipinski definition) is 3. The summed E-state index contributed by atoms with van der Waals surface area (Å²) in [6.07, 6.45) is 4.58. The van der Waals surface area contributed by atoms with Crippen molar-refractivity contribution in [3.8, 4) is 0 Å². The largest absolute Gasteiger partial charge is 0.388 e. The van der Waals surface area contributed by atoms with E-state index in [1.165, 1.54) is 0 Å². The molecule has 5 unspecified atom stereocenters. The van der Waals surface area contributed by atoms with Crippen molar-refractivity contribution in [3.63, 3.8) is 0 Å². The normalized spacial score (nSPS) is 27.5. The van der Waals surface area contributed by atoms with Gasteiger partial charge in [0.15, 0.2) is 0 Å². The molecule has 0 radical (unpaired) electrons. The van der Waals surface area contributed by atoms with Crippen molar-refractivity contribution in [2.24, 2.45) is 5.92 Å². The van der Waals surface area contributed by atoms with Gasteiger partial charge in [0.25, 0.3) is 0 Å². The SMILES string of the molecule is CCC(C)C(C)(O)CNC(=O)NC1CCCC(S(=O)CC)C1. The van der Waals surface area contributed by atoms with Crippen molar-refractivity contribution in [2.45, 2.75) is 76.7 Å². The Morgan fingerprint density at radius 3 is 2.68 bits per heavy atom. The zero-order valence-electron chi connectivity index (χ0n) is 14.4. The molecular formula is C16H32N2O3S. The maximum Gasteiger partial charge on any atom is 0.315 e. The number of amides is 2. The van der Waals surface area contributed by atoms with Gasteiger partial charge < -0.3 is 15.7 Å². The lowest BCUT2D eigenvalue weighted by Crippen LogP contribution is -2.51. The van der Waals surface area contributed by atoms with Gasteiger partial charge >= 0.3 is 6.03 Å². The van der Waals surface area contributed by atoms with Crippen LogP contribution < -0.4 is 10.6 Å². The Kier molecular flexibility index (Phi) is 7.83. The molecule has 0 spiro atoms. The molecule has 22 heavy (non-hydrogen) atoms. The lowest BCUT2D eigenvalue weighted by atomic mass is 9.89. The molecule has 0 heterocycles. The van der Waals surface area contributed by atoms with Gasteiger partial charge in [0.05, 0.1) is 5.60 Å². The number of carbonyl (C=O) groups excluding carboxylic acids is 1. The van der Waals surface area contributed by atoms with Gasteiger partial charge in [-0.1, -0.05) is 33.6 Å². The molecular weight excluding hydrogens is 300 g/mol. The second kappa shape index (κ2) is 8.87. The molecule has 0 aromatic rings. The summed E-state index contributed by atoms with van der Waals surface area (Å²) in [6.45, 7) is 7.94. The van der Waals surface area contributed by atoms with Crippen molar-refractivity contribution in [1.82, 2.24) is 10.6 Å². The molecule has 0 aliphatic heterocycles. The molecule has 130 valence electrons. The molecule has 0 saturated heterocycles. The maximum atomic E-state index is 12.0. The zero-order valence-corrected chi connectivity index (χ0v) is 15.2. The van der Waals surface area contributed by atoms with Crippen LogP contribution in [0.15, 0.2) is 0 Å². The summed E-state index contributed by atoms with van der Waals surface area (Å²) < 4.78 is 11.9. The van der Waals surface area contributed by atoms with Gasteiger partial charge in [0.1, 0.15) is 0 Å². The summed E-state index contributed by atoms with van der Waals surface area (Å²) in [7, 11) is -0.786. The summed E-state index contributed by atoms with van der Waals surface area (Å²) >= 11 is 0. The van der Waals surface area contributed by atoms with Crippen molar-refractivity contribution < 1.29 is 14.1 Å². The third-order valence-electron chi connectivity index (χ3n) is 4.90. The zero-order chi connectivity index (χ0) is 16.8. The minimum atomic E-state index is -0.898. The number of rotatable bonds is 7. The van der Waals surface area contributed by atoms with Crippen LogP contribution in [0, 0.1) is 5.92 Å². The fourth-order valence-electron chi connectivity index (χ4n) is 2.86. The lowest BCUT2D eigenvalue weighted by Gasteiger charge is -2.31. The van der Waals surface area contributed by atoms with Gasteiger partial charge in [-0.05, 0) is 32.1 Å². The first kappa shape index (κ1) is 19.4. The number of nitrogens with one attached hydrogen (secondary N) is 2. The molecule has 2 amide bonds. The maximum absolute atomic E-state index is 12.0. The molecule has 1 aliphatic carbocycles. The topological polar surface area (TPSA) is 78.4 Å². The molecule has 1 fully saturated rings. The van der Waals surface area contributed by atoms with E-state index in [0.717, 1.165) is 32.1 Å². The van der Waals surface area contributed by atoms with E-state index < -0.39 is 16.4 Å². The van der Waals surface area contributed by atoms with Crippen LogP contribution in [0.1, 0.15) is 59.8 Å². The minimum Gasteiger partial charge on any atom is -0.388 e. The molecule has 0 aromatic heterocycles. The molecule has 5 atom stereocenters. The van der Waals surface area contributed by atoms with Crippen molar-refractivity contribution >= 4 is 16.8 Å². The van der Waals surface area contributed by atoms with E-state index in [1.54, 1.807) is 6.92 Å². The number of urea groups is 1. The third-order valence-corrected chi connectivity index (χ3v) is 6.64. The van der Waals surface area contributed by atoms with E-state index >= 15 is 0 Å². The van der Waals surface area contributed by atoms with E-state index in [4.69, 9.17) is 0 Å². The van der Waals surface area contributed by atoms with Gasteiger partial charge in [-0.25, -0.2) is 4.79 Å². The van der Waals surface area contributed by atoms with Crippen LogP contribution in [-0.2, 0) is 10.8 Å². The smallest absolute Gasteiger partial charge is 0.315 e. The number of hydrogen-bond acceptors (Lipinski definition) is 3. The van der Waals surface area contributed by atoms with Gasteiger partial charge in [-0.15, -0.1) is 0 Å². The number of aliphatic hydroxyl groups is 1. The van der Waals surface area contributed by atoms with Gasteiger partial charge in [-0.2, -0.15) is 0 Å². The first-order valence-corrected chi connectivity index (χ1v) is 9.82. The summed E-state index contributed by atoms with van der Waals surface area (Å²) in [5.74, 6) is 0.806. The summed E-state index contributed by atoms with van der Waals surface area (Å²) in [5.41, 5.74) is -0.898. The molecule has 6 heteroatoms. The van der Waals surface area contributed by atoms with Crippen LogP contribution in [0.4, 0.5) is 4.79 Å². The summed E-state index contributed by atoms with van der Waals surface area (Å²) in [4.78, 5) is 12.0. The molecule has 5 nitrogen and oxygen atoms in total. The fourth-order valence-corrected chi connectivity index (χ4v) is 4.21. The molecule has 0 aromatic carbocycles. The van der Waals surface area contributed by atoms with Gasteiger partial charge in [0.2, 0.25) is 0 Å². The van der Waals surface area contributed by atoms with E-state index in [-0.39, 0.29) is 29.8 Å². The van der Waals surface area contributed by atoms with Crippen LogP contribution in [0.3, 0.4) is 0 Å². The molecule has 0 bridgehead atoms. The Balaban J connectivity index is 2.40. The molecule has 1 aliphatic rings. The molecule has 1 saturated carbocycles. The molecule has 3 N–H and O–H groups in total. The van der Waals surface area contributed by atoms with E-state index in [0.29, 0.717) is 5.75 Å². The minimum absolute atomic E-state index is 0.0859. The van der Waals surface area contributed by atoms with Crippen LogP contribution in [0.2, 0.25) is 0 Å². The lowest BCUT2D eigenvalue weighted by molar-refractivity contribution is 0.00781. The Morgan fingerprint density at radius 2 is 2.09 bits per heavy atom. The summed E-state index contributed by atoms with van der Waals surface area (Å²) in [5, 5.41) is 16.2. The van der Waals surface area contributed by atoms with E-state index in [2.05, 4.69) is 10.6 Å². The van der Waals surface area contributed by atoms with Crippen molar-refractivity contribution in [1.29, 1.82) is 0 Å². The highest BCUT2D eigenvalue weighted by molar-refractivity contribution is 7.85. The van der Waals surface area contributed by atoms with Crippen molar-refractivity contribution in [2.75, 3.05) is 12.3 Å². The van der Waals surface area contributed by atoms with Crippen LogP contribution in [-0.4, -0.2) is 44.5 Å². The van der Waals surface area contributed by atoms with Gasteiger partial charge in [-0.3, -0.25) is 4.21 Å². The van der Waals surface area contributed by atoms with E-state index in [9.17, 15) is 14.1 Å². The monoisotopic (exact) mass is 332 g/mol. The first-order chi connectivity index (χ1) is 10.3. The molecule has 1 rings (SSSR count). The van der Waals surface area contributed by atoms with E-state index in [1.807, 2.05) is 20.8 Å². The quantitative estimate of drug-likeness (QED) is 0.668. The van der Waals surface area contributed by atoms with Gasteiger partial charge in [0, 0.05) is 34.4 Å². The highest BCUT2D eigenvalue weighted by atomic mass is 32.2. The highest BCUT2D eigenvalue weighted by Gasteiger charge is 2.29. The number of carbonyl (C=O) groups is 1. The van der Waals surface area contributed by atoms with Crippen LogP contribution >= 0.6 is 0 Å². The van der Waals surface area contributed by atoms with Crippen LogP contribution in [0.5, 0.6) is 0 Å². The standard InChI is InChI=1S/C16H32N2O3S/c1-5-12(3)16(4,20)11-17-15(19)18-13-8-7-9-14(10-13)22(21)6-2/h12-14,20H,5-11H2,1-4H3,(H2,17,18,19). The second-order valence-corrected chi connectivity index (χ2v) is 8.65. The predicted molar refractivity (Wildman–Crippen MR) is 91.3 cm³/mol. The fraction of sp³-hybridized carbons (Fsp3) is 0.938. The Morgan fingerprint density at radius 1 is 1.41 bits per heavy atom. The van der Waals surface area contributed by atoms with Crippen LogP contribution in [0.25, 0.3) is 0 Å².